The van der Waals surface area contributed by atoms with Crippen LogP contribution in [0.3, 0.4) is 0 Å². The standard InChI is InChI=1S/C21H14ClN3O3/c22-14-9-7-13(8-10-14)18-12-16(15-4-1-2-5-17(15)23-18)20(26)24-25-21(27)19-6-3-11-28-19/h1-12H,(H,24,26)(H,25,27). The average molecular weight is 392 g/mol. The Bertz CT molecular complexity index is 1160. The van der Waals surface area contributed by atoms with Crippen molar-refractivity contribution in [1.29, 1.82) is 0 Å². The lowest BCUT2D eigenvalue weighted by molar-refractivity contribution is 0.0831. The van der Waals surface area contributed by atoms with E-state index in [0.717, 1.165) is 5.56 Å². The van der Waals surface area contributed by atoms with Gasteiger partial charge in [-0.2, -0.15) is 0 Å². The van der Waals surface area contributed by atoms with E-state index in [1.807, 2.05) is 30.3 Å². The van der Waals surface area contributed by atoms with Crippen molar-refractivity contribution >= 4 is 34.3 Å². The van der Waals surface area contributed by atoms with Crippen LogP contribution in [0.25, 0.3) is 22.2 Å². The molecule has 0 bridgehead atoms. The number of carbonyl (C=O) groups is 2. The smallest absolute Gasteiger partial charge is 0.305 e. The van der Waals surface area contributed by atoms with E-state index in [9.17, 15) is 9.59 Å². The van der Waals surface area contributed by atoms with Gasteiger partial charge in [-0.15, -0.1) is 0 Å². The molecule has 0 aliphatic carbocycles. The molecule has 0 aliphatic heterocycles. The van der Waals surface area contributed by atoms with Crippen molar-refractivity contribution in [3.8, 4) is 11.3 Å². The quantitative estimate of drug-likeness (QED) is 0.512. The SMILES string of the molecule is O=C(NNC(=O)c1cc(-c2ccc(Cl)cc2)nc2ccccc12)c1ccco1. The number of amides is 2. The molecule has 2 amide bonds. The average Bonchev–Trinajstić information content (AvgIpc) is 3.26. The number of pyridine rings is 1. The molecule has 0 spiro atoms. The van der Waals surface area contributed by atoms with Crippen molar-refractivity contribution in [3.05, 3.63) is 89.3 Å². The topological polar surface area (TPSA) is 84.2 Å². The van der Waals surface area contributed by atoms with E-state index < -0.39 is 11.8 Å². The number of furan rings is 1. The van der Waals surface area contributed by atoms with E-state index in [-0.39, 0.29) is 5.76 Å². The third kappa shape index (κ3) is 3.58. The predicted octanol–water partition coefficient (Wildman–Crippen LogP) is 4.22. The van der Waals surface area contributed by atoms with Gasteiger partial charge in [0, 0.05) is 16.0 Å². The van der Waals surface area contributed by atoms with Gasteiger partial charge in [-0.25, -0.2) is 4.98 Å². The Balaban J connectivity index is 1.67. The zero-order valence-electron chi connectivity index (χ0n) is 14.5. The maximum Gasteiger partial charge on any atom is 0.305 e. The van der Waals surface area contributed by atoms with Crippen molar-refractivity contribution in [1.82, 2.24) is 15.8 Å². The number of nitrogens with one attached hydrogen (secondary N) is 2. The minimum absolute atomic E-state index is 0.0988. The van der Waals surface area contributed by atoms with E-state index in [0.29, 0.717) is 27.2 Å². The van der Waals surface area contributed by atoms with Crippen LogP contribution in [0.4, 0.5) is 0 Å². The first-order chi connectivity index (χ1) is 13.6. The molecule has 2 aromatic heterocycles. The number of para-hydroxylation sites is 1. The summed E-state index contributed by atoms with van der Waals surface area (Å²) >= 11 is 5.96. The molecule has 0 saturated carbocycles. The van der Waals surface area contributed by atoms with Gasteiger partial charge in [0.2, 0.25) is 0 Å². The molecular formula is C21H14ClN3O3. The highest BCUT2D eigenvalue weighted by molar-refractivity contribution is 6.30. The first-order valence-electron chi connectivity index (χ1n) is 8.42. The van der Waals surface area contributed by atoms with E-state index in [1.165, 1.54) is 12.3 Å². The van der Waals surface area contributed by atoms with Gasteiger partial charge >= 0.3 is 5.91 Å². The monoisotopic (exact) mass is 391 g/mol. The molecule has 0 unspecified atom stereocenters. The zero-order chi connectivity index (χ0) is 19.5. The van der Waals surface area contributed by atoms with Gasteiger partial charge < -0.3 is 4.42 Å². The van der Waals surface area contributed by atoms with Crippen molar-refractivity contribution < 1.29 is 14.0 Å². The summed E-state index contributed by atoms with van der Waals surface area (Å²) in [5.74, 6) is -0.912. The number of aromatic nitrogens is 1. The van der Waals surface area contributed by atoms with Gasteiger partial charge in [-0.1, -0.05) is 41.9 Å². The molecule has 28 heavy (non-hydrogen) atoms. The van der Waals surface area contributed by atoms with Crippen LogP contribution < -0.4 is 10.9 Å². The summed E-state index contributed by atoms with van der Waals surface area (Å²) in [5, 5.41) is 1.29. The van der Waals surface area contributed by atoms with Crippen LogP contribution in [0.2, 0.25) is 5.02 Å². The Morgan fingerprint density at radius 1 is 0.893 bits per heavy atom. The summed E-state index contributed by atoms with van der Waals surface area (Å²) in [6.45, 7) is 0. The number of rotatable bonds is 3. The largest absolute Gasteiger partial charge is 0.459 e. The fourth-order valence-corrected chi connectivity index (χ4v) is 2.91. The summed E-state index contributed by atoms with van der Waals surface area (Å²) in [5.41, 5.74) is 7.26. The number of benzene rings is 2. The Morgan fingerprint density at radius 3 is 2.39 bits per heavy atom. The third-order valence-corrected chi connectivity index (χ3v) is 4.39. The van der Waals surface area contributed by atoms with E-state index in [1.54, 1.807) is 30.3 Å². The number of halogens is 1. The van der Waals surface area contributed by atoms with Crippen LogP contribution in [0.1, 0.15) is 20.9 Å². The first-order valence-corrected chi connectivity index (χ1v) is 8.79. The first kappa shape index (κ1) is 17.8. The fourth-order valence-electron chi connectivity index (χ4n) is 2.78. The molecule has 4 aromatic rings. The maximum atomic E-state index is 12.8. The summed E-state index contributed by atoms with van der Waals surface area (Å²) in [6.07, 6.45) is 1.38. The number of hydrogen-bond donors (Lipinski definition) is 2. The summed E-state index contributed by atoms with van der Waals surface area (Å²) in [7, 11) is 0. The summed E-state index contributed by atoms with van der Waals surface area (Å²) < 4.78 is 5.01. The van der Waals surface area contributed by atoms with Crippen molar-refractivity contribution in [2.45, 2.75) is 0 Å². The molecule has 4 rings (SSSR count). The lowest BCUT2D eigenvalue weighted by Gasteiger charge is -2.11. The van der Waals surface area contributed by atoms with E-state index in [4.69, 9.17) is 16.0 Å². The van der Waals surface area contributed by atoms with Gasteiger partial charge in [-0.3, -0.25) is 20.4 Å². The minimum atomic E-state index is -0.547. The number of fused-ring (bicyclic) bond motifs is 1. The molecule has 0 aliphatic rings. The molecule has 0 radical (unpaired) electrons. The lowest BCUT2D eigenvalue weighted by Crippen LogP contribution is -2.41. The van der Waals surface area contributed by atoms with Crippen LogP contribution in [-0.2, 0) is 0 Å². The highest BCUT2D eigenvalue weighted by atomic mass is 35.5. The highest BCUT2D eigenvalue weighted by Gasteiger charge is 2.16. The Kier molecular flexibility index (Phi) is 4.78. The summed E-state index contributed by atoms with van der Waals surface area (Å²) in [4.78, 5) is 29.4. The molecule has 0 atom stereocenters. The van der Waals surface area contributed by atoms with Crippen LogP contribution in [0.15, 0.2) is 77.4 Å². The predicted molar refractivity (Wildman–Crippen MR) is 106 cm³/mol. The molecule has 2 heterocycles. The van der Waals surface area contributed by atoms with Crippen molar-refractivity contribution in [3.63, 3.8) is 0 Å². The minimum Gasteiger partial charge on any atom is -0.459 e. The molecular weight excluding hydrogens is 378 g/mol. The molecule has 2 N–H and O–H groups in total. The Morgan fingerprint density at radius 2 is 1.64 bits per heavy atom. The molecule has 138 valence electrons. The Hall–Kier alpha value is -3.64. The van der Waals surface area contributed by atoms with Gasteiger partial charge in [0.1, 0.15) is 0 Å². The normalized spacial score (nSPS) is 10.6. The number of carbonyl (C=O) groups excluding carboxylic acids is 2. The molecule has 0 fully saturated rings. The van der Waals surface area contributed by atoms with Crippen LogP contribution in [-0.4, -0.2) is 16.8 Å². The van der Waals surface area contributed by atoms with Crippen molar-refractivity contribution in [2.75, 3.05) is 0 Å². The van der Waals surface area contributed by atoms with Crippen LogP contribution in [0, 0.1) is 0 Å². The molecule has 0 saturated heterocycles. The van der Waals surface area contributed by atoms with Gasteiger partial charge in [-0.05, 0) is 36.4 Å². The summed E-state index contributed by atoms with van der Waals surface area (Å²) in [6, 6.07) is 19.3. The molecule has 6 nitrogen and oxygen atoms in total. The van der Waals surface area contributed by atoms with Crippen molar-refractivity contribution in [2.24, 2.45) is 0 Å². The third-order valence-electron chi connectivity index (χ3n) is 4.14. The Labute approximate surface area is 165 Å². The molecule has 2 aromatic carbocycles. The second-order valence-corrected chi connectivity index (χ2v) is 6.40. The van der Waals surface area contributed by atoms with E-state index >= 15 is 0 Å². The second-order valence-electron chi connectivity index (χ2n) is 5.96. The zero-order valence-corrected chi connectivity index (χ0v) is 15.2. The van der Waals surface area contributed by atoms with Gasteiger partial charge in [0.05, 0.1) is 23.0 Å². The van der Waals surface area contributed by atoms with Crippen LogP contribution >= 0.6 is 11.6 Å². The number of hydrogen-bond acceptors (Lipinski definition) is 4. The maximum absolute atomic E-state index is 12.8. The molecule has 7 heteroatoms. The number of nitrogens with zero attached hydrogens (tertiary/aromatic N) is 1. The lowest BCUT2D eigenvalue weighted by atomic mass is 10.0. The number of hydrazine groups is 1. The highest BCUT2D eigenvalue weighted by Crippen LogP contribution is 2.25. The van der Waals surface area contributed by atoms with Crippen LogP contribution in [0.5, 0.6) is 0 Å². The fraction of sp³-hybridized carbons (Fsp3) is 0. The van der Waals surface area contributed by atoms with Gasteiger partial charge in [0.25, 0.3) is 5.91 Å². The second kappa shape index (κ2) is 7.54. The van der Waals surface area contributed by atoms with Gasteiger partial charge in [0.15, 0.2) is 5.76 Å². The van der Waals surface area contributed by atoms with E-state index in [2.05, 4.69) is 15.8 Å².